The van der Waals surface area contributed by atoms with Crippen LogP contribution in [0.15, 0.2) is 36.0 Å². The van der Waals surface area contributed by atoms with E-state index in [1.54, 1.807) is 31.1 Å². The lowest BCUT2D eigenvalue weighted by atomic mass is 9.88. The Labute approximate surface area is 300 Å². The molecule has 0 aromatic rings. The van der Waals surface area contributed by atoms with Crippen molar-refractivity contribution < 1.29 is 43.9 Å². The third-order valence-electron chi connectivity index (χ3n) is 10.5. The second-order valence-corrected chi connectivity index (χ2v) is 15.7. The van der Waals surface area contributed by atoms with Gasteiger partial charge in [-0.1, -0.05) is 58.9 Å². The number of aliphatic hydroxyl groups is 3. The van der Waals surface area contributed by atoms with Crippen LogP contribution in [0.25, 0.3) is 0 Å². The topological polar surface area (TPSA) is 142 Å². The monoisotopic (exact) mass is 706 g/mol. The third kappa shape index (κ3) is 12.7. The molecule has 10 atom stereocenters. The van der Waals surface area contributed by atoms with Crippen molar-refractivity contribution in [3.05, 3.63) is 36.0 Å². The summed E-state index contributed by atoms with van der Waals surface area (Å²) in [7, 11) is 1.57. The second-order valence-electron chi connectivity index (χ2n) is 15.7. The van der Waals surface area contributed by atoms with Crippen LogP contribution in [-0.4, -0.2) is 125 Å². The largest absolute Gasteiger partial charge is 0.457 e. The SMILES string of the molecule is CCC(O)C(C)C1OC1CC(C)(O)/C=C/C=C(\C)C1OC(=O)CC(O)CCC(C)(OC)C(OC(=O)N2CCCN(CC(C)C)CC2)/C=C/C1C. The lowest BCUT2D eigenvalue weighted by Gasteiger charge is -2.37. The van der Waals surface area contributed by atoms with E-state index in [9.17, 15) is 24.9 Å². The first-order valence-electron chi connectivity index (χ1n) is 18.7. The number of allylic oxidation sites excluding steroid dienone is 2. The highest BCUT2D eigenvalue weighted by Crippen LogP contribution is 2.37. The van der Waals surface area contributed by atoms with E-state index in [2.05, 4.69) is 18.7 Å². The number of carbonyl (C=O) groups is 2. The Balaban J connectivity index is 1.77. The van der Waals surface area contributed by atoms with E-state index in [-0.39, 0.29) is 36.9 Å². The second kappa shape index (κ2) is 19.0. The van der Waals surface area contributed by atoms with E-state index in [0.29, 0.717) is 38.3 Å². The van der Waals surface area contributed by atoms with Gasteiger partial charge >= 0.3 is 12.1 Å². The number of aliphatic hydroxyl groups excluding tert-OH is 2. The highest BCUT2D eigenvalue weighted by atomic mass is 16.6. The summed E-state index contributed by atoms with van der Waals surface area (Å²) in [4.78, 5) is 30.7. The van der Waals surface area contributed by atoms with Crippen LogP contribution in [0.3, 0.4) is 0 Å². The Kier molecular flexibility index (Phi) is 16.0. The fourth-order valence-electron chi connectivity index (χ4n) is 7.04. The van der Waals surface area contributed by atoms with Crippen LogP contribution in [0, 0.1) is 17.8 Å². The molecule has 11 heteroatoms. The molecule has 0 aromatic carbocycles. The Bertz CT molecular complexity index is 1190. The molecule has 0 bridgehead atoms. The minimum atomic E-state index is -1.15. The van der Waals surface area contributed by atoms with Gasteiger partial charge in [0.25, 0.3) is 0 Å². The Hall–Kier alpha value is -2.28. The predicted molar refractivity (Wildman–Crippen MR) is 193 cm³/mol. The summed E-state index contributed by atoms with van der Waals surface area (Å²) in [6.45, 7) is 19.6. The fourth-order valence-corrected chi connectivity index (χ4v) is 7.04. The molecule has 3 N–H and O–H groups in total. The molecule has 3 aliphatic heterocycles. The van der Waals surface area contributed by atoms with Gasteiger partial charge in [-0.2, -0.15) is 0 Å². The standard InChI is InChI=1S/C39H66N2O9/c1-10-31(43)29(6)36-32(48-36)24-38(7,46)17-11-13-27(4)35-28(5)14-15-33(39(8,47-9)18-16-30(42)23-34(44)50-35)49-37(45)41-20-12-19-40(21-22-41)25-26(2)3/h11,13-15,17,26,28-33,35-36,42-43,46H,10,12,16,18-25H2,1-9H3/b15-14+,17-11+,27-13+. The number of hydrogen-bond donors (Lipinski definition) is 3. The smallest absolute Gasteiger partial charge is 0.410 e. The average Bonchev–Trinajstić information content (AvgIpc) is 3.85. The first-order chi connectivity index (χ1) is 23.5. The van der Waals surface area contributed by atoms with Gasteiger partial charge in [-0.25, -0.2) is 4.79 Å². The first-order valence-corrected chi connectivity index (χ1v) is 18.7. The molecule has 50 heavy (non-hydrogen) atoms. The van der Waals surface area contributed by atoms with Gasteiger partial charge in [-0.05, 0) is 70.6 Å². The van der Waals surface area contributed by atoms with Gasteiger partial charge in [-0.15, -0.1) is 0 Å². The zero-order chi connectivity index (χ0) is 37.2. The number of cyclic esters (lactones) is 1. The number of methoxy groups -OCH3 is 1. The van der Waals surface area contributed by atoms with Crippen molar-refractivity contribution in [2.45, 2.75) is 142 Å². The molecule has 0 spiro atoms. The van der Waals surface area contributed by atoms with Crippen molar-refractivity contribution in [2.75, 3.05) is 39.8 Å². The molecule has 2 fully saturated rings. The predicted octanol–water partition coefficient (Wildman–Crippen LogP) is 5.03. The molecule has 286 valence electrons. The zero-order valence-electron chi connectivity index (χ0n) is 32.0. The van der Waals surface area contributed by atoms with Crippen molar-refractivity contribution in [1.29, 1.82) is 0 Å². The van der Waals surface area contributed by atoms with E-state index in [1.165, 1.54) is 0 Å². The number of rotatable bonds is 12. The van der Waals surface area contributed by atoms with Crippen molar-refractivity contribution >= 4 is 12.1 Å². The summed E-state index contributed by atoms with van der Waals surface area (Å²) in [6.07, 6.45) is 7.90. The van der Waals surface area contributed by atoms with Gasteiger partial charge in [0.2, 0.25) is 0 Å². The van der Waals surface area contributed by atoms with Crippen LogP contribution in [0.5, 0.6) is 0 Å². The summed E-state index contributed by atoms with van der Waals surface area (Å²) in [5, 5.41) is 32.0. The molecule has 11 nitrogen and oxygen atoms in total. The summed E-state index contributed by atoms with van der Waals surface area (Å²) < 4.78 is 23.8. The molecule has 3 rings (SSSR count). The number of hydrogen-bond acceptors (Lipinski definition) is 10. The van der Waals surface area contributed by atoms with Crippen LogP contribution in [-0.2, 0) is 23.7 Å². The summed E-state index contributed by atoms with van der Waals surface area (Å²) in [5.74, 6) is -0.288. The number of esters is 1. The highest BCUT2D eigenvalue weighted by Gasteiger charge is 2.47. The minimum absolute atomic E-state index is 0.00419. The molecule has 0 aromatic heterocycles. The van der Waals surface area contributed by atoms with Crippen molar-refractivity contribution in [1.82, 2.24) is 9.80 Å². The number of amides is 1. The van der Waals surface area contributed by atoms with E-state index < -0.39 is 47.7 Å². The lowest BCUT2D eigenvalue weighted by molar-refractivity contribution is -0.151. The number of nitrogens with zero attached hydrogens (tertiary/aromatic N) is 2. The maximum Gasteiger partial charge on any atom is 0.410 e. The first kappa shape index (κ1) is 42.1. The van der Waals surface area contributed by atoms with Gasteiger partial charge in [0.05, 0.1) is 36.4 Å². The average molecular weight is 707 g/mol. The highest BCUT2D eigenvalue weighted by molar-refractivity contribution is 5.70. The number of ether oxygens (including phenoxy) is 4. The molecule has 3 aliphatic rings. The van der Waals surface area contributed by atoms with Gasteiger partial charge in [0, 0.05) is 51.5 Å². The fraction of sp³-hybridized carbons (Fsp3) is 0.795. The number of epoxide rings is 1. The van der Waals surface area contributed by atoms with E-state index in [0.717, 1.165) is 31.6 Å². The third-order valence-corrected chi connectivity index (χ3v) is 10.5. The van der Waals surface area contributed by atoms with Gasteiger partial charge in [-0.3, -0.25) is 4.79 Å². The van der Waals surface area contributed by atoms with Crippen LogP contribution >= 0.6 is 0 Å². The van der Waals surface area contributed by atoms with Gasteiger partial charge < -0.3 is 44.1 Å². The Morgan fingerprint density at radius 2 is 1.92 bits per heavy atom. The number of carbonyl (C=O) groups excluding carboxylic acids is 2. The summed E-state index contributed by atoms with van der Waals surface area (Å²) in [6, 6.07) is 0. The molecule has 0 saturated carbocycles. The lowest BCUT2D eigenvalue weighted by Crippen LogP contribution is -2.47. The summed E-state index contributed by atoms with van der Waals surface area (Å²) >= 11 is 0. The molecular formula is C39H66N2O9. The summed E-state index contributed by atoms with van der Waals surface area (Å²) in [5.41, 5.74) is -1.35. The van der Waals surface area contributed by atoms with E-state index in [1.807, 2.05) is 52.8 Å². The molecule has 3 heterocycles. The quantitative estimate of drug-likeness (QED) is 0.110. The maximum atomic E-state index is 13.6. The molecule has 10 unspecified atom stereocenters. The van der Waals surface area contributed by atoms with Gasteiger partial charge in [0.1, 0.15) is 11.7 Å². The van der Waals surface area contributed by atoms with Gasteiger partial charge in [0.15, 0.2) is 6.10 Å². The van der Waals surface area contributed by atoms with Crippen molar-refractivity contribution in [2.24, 2.45) is 17.8 Å². The molecule has 0 aliphatic carbocycles. The van der Waals surface area contributed by atoms with Crippen LogP contribution in [0.2, 0.25) is 0 Å². The van der Waals surface area contributed by atoms with E-state index >= 15 is 0 Å². The maximum absolute atomic E-state index is 13.6. The molecule has 2 saturated heterocycles. The van der Waals surface area contributed by atoms with E-state index in [4.69, 9.17) is 18.9 Å². The normalized spacial score (nSPS) is 33.8. The molecule has 1 amide bonds. The minimum Gasteiger partial charge on any atom is -0.457 e. The van der Waals surface area contributed by atoms with Crippen molar-refractivity contribution in [3.63, 3.8) is 0 Å². The Morgan fingerprint density at radius 1 is 1.20 bits per heavy atom. The Morgan fingerprint density at radius 3 is 2.58 bits per heavy atom. The van der Waals surface area contributed by atoms with Crippen molar-refractivity contribution in [3.8, 4) is 0 Å². The van der Waals surface area contributed by atoms with Crippen LogP contribution < -0.4 is 0 Å². The molecule has 0 radical (unpaired) electrons. The zero-order valence-corrected chi connectivity index (χ0v) is 32.0. The molecular weight excluding hydrogens is 640 g/mol. The van der Waals surface area contributed by atoms with Crippen LogP contribution in [0.4, 0.5) is 4.79 Å². The van der Waals surface area contributed by atoms with Crippen LogP contribution in [0.1, 0.15) is 93.9 Å².